The number of hydrogen-bond acceptors (Lipinski definition) is 1. The van der Waals surface area contributed by atoms with Crippen molar-refractivity contribution >= 4 is 5.91 Å². The van der Waals surface area contributed by atoms with E-state index in [2.05, 4.69) is 19.2 Å². The number of benzene rings is 1. The van der Waals surface area contributed by atoms with Gasteiger partial charge in [0.05, 0.1) is 0 Å². The molecule has 0 aliphatic heterocycles. The van der Waals surface area contributed by atoms with E-state index in [0.717, 1.165) is 35.7 Å². The van der Waals surface area contributed by atoms with Crippen LogP contribution in [0.2, 0.25) is 0 Å². The van der Waals surface area contributed by atoms with E-state index >= 15 is 0 Å². The molecular formula is C26H37NO. The highest BCUT2D eigenvalue weighted by Crippen LogP contribution is 2.66. The van der Waals surface area contributed by atoms with E-state index in [1.807, 2.05) is 30.3 Å². The summed E-state index contributed by atoms with van der Waals surface area (Å²) in [4.78, 5) is 12.6. The van der Waals surface area contributed by atoms with E-state index in [0.29, 0.717) is 16.9 Å². The molecule has 0 radical (unpaired) electrons. The molecule has 7 atom stereocenters. The van der Waals surface area contributed by atoms with Gasteiger partial charge in [0, 0.05) is 11.6 Å². The fourth-order valence-electron chi connectivity index (χ4n) is 8.24. The normalized spacial score (nSPS) is 44.9. The second-order valence-electron chi connectivity index (χ2n) is 11.1. The lowest BCUT2D eigenvalue weighted by atomic mass is 9.45. The third-order valence-corrected chi connectivity index (χ3v) is 9.82. The van der Waals surface area contributed by atoms with Crippen LogP contribution in [-0.4, -0.2) is 11.9 Å². The lowest BCUT2D eigenvalue weighted by Gasteiger charge is -2.60. The highest BCUT2D eigenvalue weighted by atomic mass is 16.1. The lowest BCUT2D eigenvalue weighted by molar-refractivity contribution is -0.106. The van der Waals surface area contributed by atoms with Crippen LogP contribution in [0.1, 0.15) is 88.4 Å². The van der Waals surface area contributed by atoms with E-state index in [1.165, 1.54) is 57.8 Å². The maximum Gasteiger partial charge on any atom is 0.251 e. The van der Waals surface area contributed by atoms with Crippen LogP contribution in [0.5, 0.6) is 0 Å². The maximum absolute atomic E-state index is 12.6. The van der Waals surface area contributed by atoms with E-state index < -0.39 is 0 Å². The minimum Gasteiger partial charge on any atom is -0.349 e. The number of hydrogen-bond donors (Lipinski definition) is 1. The smallest absolute Gasteiger partial charge is 0.251 e. The summed E-state index contributed by atoms with van der Waals surface area (Å²) in [7, 11) is 0. The largest absolute Gasteiger partial charge is 0.349 e. The predicted molar refractivity (Wildman–Crippen MR) is 114 cm³/mol. The second kappa shape index (κ2) is 6.89. The van der Waals surface area contributed by atoms with E-state index in [-0.39, 0.29) is 5.91 Å². The SMILES string of the molecule is CC12CCCC1C1CCC3CC(NC(=O)c4ccccc4)CCC3(C)C1CC2. The van der Waals surface area contributed by atoms with Crippen LogP contribution in [0.4, 0.5) is 0 Å². The molecule has 152 valence electrons. The van der Waals surface area contributed by atoms with Gasteiger partial charge in [-0.1, -0.05) is 38.5 Å². The molecule has 1 N–H and O–H groups in total. The Morgan fingerprint density at radius 3 is 2.57 bits per heavy atom. The Hall–Kier alpha value is -1.31. The summed E-state index contributed by atoms with van der Waals surface area (Å²) in [6, 6.07) is 10.1. The summed E-state index contributed by atoms with van der Waals surface area (Å²) in [6.07, 6.45) is 13.9. The molecule has 28 heavy (non-hydrogen) atoms. The molecule has 0 bridgehead atoms. The topological polar surface area (TPSA) is 29.1 Å². The second-order valence-corrected chi connectivity index (χ2v) is 11.1. The van der Waals surface area contributed by atoms with Crippen molar-refractivity contribution in [3.8, 4) is 0 Å². The number of fused-ring (bicyclic) bond motifs is 5. The van der Waals surface area contributed by atoms with Gasteiger partial charge >= 0.3 is 0 Å². The molecule has 2 heteroatoms. The first-order valence-electron chi connectivity index (χ1n) is 11.9. The van der Waals surface area contributed by atoms with Gasteiger partial charge < -0.3 is 5.32 Å². The minimum absolute atomic E-state index is 0.113. The average Bonchev–Trinajstić information content (AvgIpc) is 3.11. The molecule has 4 saturated carbocycles. The average molecular weight is 380 g/mol. The Balaban J connectivity index is 1.28. The van der Waals surface area contributed by atoms with Crippen LogP contribution in [0, 0.1) is 34.5 Å². The fourth-order valence-corrected chi connectivity index (χ4v) is 8.24. The monoisotopic (exact) mass is 379 g/mol. The Bertz CT molecular complexity index is 729. The number of carbonyl (C=O) groups is 1. The zero-order valence-electron chi connectivity index (χ0n) is 17.8. The molecule has 1 aromatic rings. The number of carbonyl (C=O) groups excluding carboxylic acids is 1. The standard InChI is InChI=1S/C26H37NO/c1-25-14-6-9-22(25)21-11-10-19-17-20(12-16-26(19,2)23(21)13-15-25)27-24(28)18-7-4-3-5-8-18/h3-5,7-8,19-23H,6,9-17H2,1-2H3,(H,27,28). The van der Waals surface area contributed by atoms with E-state index in [1.54, 1.807) is 0 Å². The van der Waals surface area contributed by atoms with Crippen molar-refractivity contribution in [1.82, 2.24) is 5.32 Å². The Morgan fingerprint density at radius 2 is 1.75 bits per heavy atom. The molecule has 4 aliphatic rings. The summed E-state index contributed by atoms with van der Waals surface area (Å²) in [5.74, 6) is 3.84. The molecular weight excluding hydrogens is 342 g/mol. The van der Waals surface area contributed by atoms with Gasteiger partial charge in [0.25, 0.3) is 5.91 Å². The molecule has 1 amide bonds. The molecule has 0 aromatic heterocycles. The number of amides is 1. The third-order valence-electron chi connectivity index (χ3n) is 9.82. The van der Waals surface area contributed by atoms with Crippen molar-refractivity contribution in [3.63, 3.8) is 0 Å². The summed E-state index contributed by atoms with van der Waals surface area (Å²) in [6.45, 7) is 5.23. The van der Waals surface area contributed by atoms with Gasteiger partial charge in [-0.05, 0) is 104 Å². The number of nitrogens with one attached hydrogen (secondary N) is 1. The zero-order valence-corrected chi connectivity index (χ0v) is 17.8. The summed E-state index contributed by atoms with van der Waals surface area (Å²) in [5.41, 5.74) is 1.97. The molecule has 0 saturated heterocycles. The highest BCUT2D eigenvalue weighted by Gasteiger charge is 2.57. The number of rotatable bonds is 2. The molecule has 5 rings (SSSR count). The van der Waals surface area contributed by atoms with Crippen molar-refractivity contribution in [2.45, 2.75) is 84.1 Å². The van der Waals surface area contributed by atoms with Crippen LogP contribution in [0.25, 0.3) is 0 Å². The van der Waals surface area contributed by atoms with Crippen molar-refractivity contribution in [3.05, 3.63) is 35.9 Å². The summed E-state index contributed by atoms with van der Waals surface area (Å²) < 4.78 is 0. The van der Waals surface area contributed by atoms with Gasteiger partial charge in [0.2, 0.25) is 0 Å². The molecule has 0 spiro atoms. The lowest BCUT2D eigenvalue weighted by Crippen LogP contribution is -2.54. The molecule has 0 heterocycles. The molecule has 1 aromatic carbocycles. The predicted octanol–water partition coefficient (Wildman–Crippen LogP) is 6.22. The van der Waals surface area contributed by atoms with Crippen LogP contribution in [0.3, 0.4) is 0 Å². The van der Waals surface area contributed by atoms with Crippen LogP contribution in [0.15, 0.2) is 30.3 Å². The van der Waals surface area contributed by atoms with Gasteiger partial charge in [-0.25, -0.2) is 0 Å². The fraction of sp³-hybridized carbons (Fsp3) is 0.731. The quantitative estimate of drug-likeness (QED) is 0.649. The van der Waals surface area contributed by atoms with Crippen LogP contribution >= 0.6 is 0 Å². The summed E-state index contributed by atoms with van der Waals surface area (Å²) in [5, 5.41) is 3.36. The first-order chi connectivity index (χ1) is 13.5. The first kappa shape index (κ1) is 18.7. The van der Waals surface area contributed by atoms with Crippen molar-refractivity contribution in [1.29, 1.82) is 0 Å². The third kappa shape index (κ3) is 2.94. The summed E-state index contributed by atoms with van der Waals surface area (Å²) >= 11 is 0. The van der Waals surface area contributed by atoms with E-state index in [4.69, 9.17) is 0 Å². The molecule has 4 fully saturated rings. The van der Waals surface area contributed by atoms with Crippen molar-refractivity contribution in [2.24, 2.45) is 34.5 Å². The Morgan fingerprint density at radius 1 is 0.929 bits per heavy atom. The van der Waals surface area contributed by atoms with Gasteiger partial charge in [0.1, 0.15) is 0 Å². The van der Waals surface area contributed by atoms with Gasteiger partial charge in [0.15, 0.2) is 0 Å². The first-order valence-corrected chi connectivity index (χ1v) is 11.9. The van der Waals surface area contributed by atoms with Gasteiger partial charge in [-0.3, -0.25) is 4.79 Å². The molecule has 2 nitrogen and oxygen atoms in total. The van der Waals surface area contributed by atoms with Crippen LogP contribution < -0.4 is 5.32 Å². The van der Waals surface area contributed by atoms with Gasteiger partial charge in [-0.15, -0.1) is 0 Å². The Kier molecular flexibility index (Phi) is 4.60. The molecule has 4 aliphatic carbocycles. The minimum atomic E-state index is 0.113. The van der Waals surface area contributed by atoms with Crippen molar-refractivity contribution in [2.75, 3.05) is 0 Å². The Labute approximate surface area is 170 Å². The van der Waals surface area contributed by atoms with Crippen molar-refractivity contribution < 1.29 is 4.79 Å². The maximum atomic E-state index is 12.6. The molecule has 7 unspecified atom stereocenters. The van der Waals surface area contributed by atoms with Crippen LogP contribution in [-0.2, 0) is 0 Å². The van der Waals surface area contributed by atoms with E-state index in [9.17, 15) is 4.79 Å². The highest BCUT2D eigenvalue weighted by molar-refractivity contribution is 5.94. The van der Waals surface area contributed by atoms with Gasteiger partial charge in [-0.2, -0.15) is 0 Å². The zero-order chi connectivity index (χ0) is 19.4.